The minimum atomic E-state index is -4.49. The predicted molar refractivity (Wildman–Crippen MR) is 84.7 cm³/mol. The second-order valence-corrected chi connectivity index (χ2v) is 5.28. The molecule has 1 aromatic rings. The lowest BCUT2D eigenvalue weighted by Crippen LogP contribution is -2.24. The van der Waals surface area contributed by atoms with E-state index in [0.29, 0.717) is 5.56 Å². The van der Waals surface area contributed by atoms with E-state index in [0.717, 1.165) is 24.7 Å². The number of hydrogen-bond donors (Lipinski definition) is 0. The first-order valence-electron chi connectivity index (χ1n) is 7.86. The van der Waals surface area contributed by atoms with Gasteiger partial charge in [0, 0.05) is 0 Å². The van der Waals surface area contributed by atoms with Gasteiger partial charge in [-0.05, 0) is 31.5 Å². The number of alkyl halides is 3. The van der Waals surface area contributed by atoms with Crippen molar-refractivity contribution in [2.45, 2.75) is 25.9 Å². The van der Waals surface area contributed by atoms with Gasteiger partial charge >= 0.3 is 18.1 Å². The first-order valence-corrected chi connectivity index (χ1v) is 7.86. The van der Waals surface area contributed by atoms with Crippen LogP contribution in [-0.2, 0) is 30.0 Å². The van der Waals surface area contributed by atoms with Crippen LogP contribution in [0.1, 0.15) is 30.9 Å². The maximum absolute atomic E-state index is 12.8. The summed E-state index contributed by atoms with van der Waals surface area (Å²) in [5.41, 5.74) is -0.536. The zero-order valence-electron chi connectivity index (χ0n) is 14.1. The number of halogens is 3. The third-order valence-corrected chi connectivity index (χ3v) is 3.61. The van der Waals surface area contributed by atoms with Gasteiger partial charge in [-0.1, -0.05) is 12.1 Å². The van der Waals surface area contributed by atoms with Gasteiger partial charge in [0.25, 0.3) is 0 Å². The summed E-state index contributed by atoms with van der Waals surface area (Å²) in [6.45, 7) is 3.40. The Hall–Kier alpha value is -2.77. The molecule has 0 bridgehead atoms. The van der Waals surface area contributed by atoms with Crippen molar-refractivity contribution >= 4 is 11.9 Å². The first kappa shape index (κ1) is 19.6. The monoisotopic (exact) mass is 370 g/mol. The molecule has 0 unspecified atom stereocenters. The Kier molecular flexibility index (Phi) is 6.07. The van der Waals surface area contributed by atoms with Crippen LogP contribution in [-0.4, -0.2) is 25.2 Å². The Morgan fingerprint density at radius 3 is 1.81 bits per heavy atom. The number of benzene rings is 1. The first-order chi connectivity index (χ1) is 12.3. The van der Waals surface area contributed by atoms with Crippen molar-refractivity contribution in [2.75, 3.05) is 13.2 Å². The molecule has 0 atom stereocenters. The quantitative estimate of drug-likeness (QED) is 0.740. The van der Waals surface area contributed by atoms with Crippen LogP contribution in [0, 0.1) is 0 Å². The molecule has 0 fully saturated rings. The number of carbonyl (C=O) groups excluding carboxylic acids is 2. The molecular weight excluding hydrogens is 353 g/mol. The van der Waals surface area contributed by atoms with E-state index in [1.807, 2.05) is 0 Å². The predicted octanol–water partition coefficient (Wildman–Crippen LogP) is 3.71. The molecule has 0 amide bonds. The Morgan fingerprint density at radius 1 is 0.962 bits per heavy atom. The summed E-state index contributed by atoms with van der Waals surface area (Å²) in [6, 6.07) is 4.19. The van der Waals surface area contributed by atoms with Crippen LogP contribution >= 0.6 is 0 Å². The van der Waals surface area contributed by atoms with Crippen molar-refractivity contribution in [3.8, 4) is 0 Å². The van der Waals surface area contributed by atoms with Crippen molar-refractivity contribution in [3.63, 3.8) is 0 Å². The van der Waals surface area contributed by atoms with Crippen molar-refractivity contribution in [1.82, 2.24) is 0 Å². The van der Waals surface area contributed by atoms with Gasteiger partial charge in [0.15, 0.2) is 0 Å². The molecule has 0 aliphatic carbocycles. The smallest absolute Gasteiger partial charge is 0.416 e. The highest BCUT2D eigenvalue weighted by molar-refractivity contribution is 5.98. The van der Waals surface area contributed by atoms with E-state index in [1.54, 1.807) is 13.8 Å². The highest BCUT2D eigenvalue weighted by Crippen LogP contribution is 2.38. The maximum atomic E-state index is 12.8. The molecule has 0 spiro atoms. The summed E-state index contributed by atoms with van der Waals surface area (Å²) in [5, 5.41) is 0. The van der Waals surface area contributed by atoms with Gasteiger partial charge in [0.1, 0.15) is 12.5 Å². The molecule has 26 heavy (non-hydrogen) atoms. The third kappa shape index (κ3) is 4.25. The standard InChI is InChI=1S/C18H17F3O5/c1-3-25-16(22)13-9-24-10-14(17(23)26-4-2)15(13)11-5-7-12(8-6-11)18(19,20)21/h5-10,15H,3-4H2,1-2H3. The zero-order chi connectivity index (χ0) is 19.3. The second kappa shape index (κ2) is 8.07. The van der Waals surface area contributed by atoms with Crippen LogP contribution in [0.2, 0.25) is 0 Å². The van der Waals surface area contributed by atoms with Crippen molar-refractivity contribution < 1.29 is 37.0 Å². The minimum Gasteiger partial charge on any atom is -0.471 e. The van der Waals surface area contributed by atoms with E-state index >= 15 is 0 Å². The van der Waals surface area contributed by atoms with Gasteiger partial charge in [-0.2, -0.15) is 13.2 Å². The summed E-state index contributed by atoms with van der Waals surface area (Å²) in [6.07, 6.45) is -2.26. The highest BCUT2D eigenvalue weighted by Gasteiger charge is 2.36. The van der Waals surface area contributed by atoms with Crippen LogP contribution in [0.25, 0.3) is 0 Å². The normalized spacial score (nSPS) is 14.8. The van der Waals surface area contributed by atoms with Crippen LogP contribution in [0.3, 0.4) is 0 Å². The van der Waals surface area contributed by atoms with E-state index in [2.05, 4.69) is 0 Å². The third-order valence-electron chi connectivity index (χ3n) is 3.61. The van der Waals surface area contributed by atoms with Crippen molar-refractivity contribution in [2.24, 2.45) is 0 Å². The summed E-state index contributed by atoms with van der Waals surface area (Å²) >= 11 is 0. The minimum absolute atomic E-state index is 0.00263. The average molecular weight is 370 g/mol. The summed E-state index contributed by atoms with van der Waals surface area (Å²) < 4.78 is 53.3. The molecule has 5 nitrogen and oxygen atoms in total. The Morgan fingerprint density at radius 2 is 1.42 bits per heavy atom. The van der Waals surface area contributed by atoms with Gasteiger partial charge in [-0.15, -0.1) is 0 Å². The number of ether oxygens (including phenoxy) is 3. The van der Waals surface area contributed by atoms with Crippen molar-refractivity contribution in [1.29, 1.82) is 0 Å². The molecule has 8 heteroatoms. The molecule has 1 heterocycles. The highest BCUT2D eigenvalue weighted by atomic mass is 19.4. The Balaban J connectivity index is 2.45. The molecule has 0 saturated carbocycles. The van der Waals surface area contributed by atoms with Crippen LogP contribution < -0.4 is 0 Å². The molecule has 0 radical (unpaired) electrons. The lowest BCUT2D eigenvalue weighted by Gasteiger charge is -2.24. The average Bonchev–Trinajstić information content (AvgIpc) is 2.61. The fourth-order valence-electron chi connectivity index (χ4n) is 2.47. The van der Waals surface area contributed by atoms with Crippen LogP contribution in [0.4, 0.5) is 13.2 Å². The largest absolute Gasteiger partial charge is 0.471 e. The van der Waals surface area contributed by atoms with Gasteiger partial charge in [0.2, 0.25) is 0 Å². The maximum Gasteiger partial charge on any atom is 0.416 e. The lowest BCUT2D eigenvalue weighted by atomic mass is 9.84. The van der Waals surface area contributed by atoms with E-state index < -0.39 is 29.6 Å². The van der Waals surface area contributed by atoms with E-state index in [-0.39, 0.29) is 24.4 Å². The molecule has 0 saturated heterocycles. The summed E-state index contributed by atoms with van der Waals surface area (Å²) in [5.74, 6) is -2.41. The molecule has 140 valence electrons. The topological polar surface area (TPSA) is 61.8 Å². The van der Waals surface area contributed by atoms with Crippen LogP contribution in [0.5, 0.6) is 0 Å². The molecule has 1 aromatic carbocycles. The van der Waals surface area contributed by atoms with E-state index in [1.165, 1.54) is 12.1 Å². The zero-order valence-corrected chi connectivity index (χ0v) is 14.1. The Labute approximate surface area is 148 Å². The van der Waals surface area contributed by atoms with Gasteiger partial charge < -0.3 is 14.2 Å². The number of rotatable bonds is 5. The second-order valence-electron chi connectivity index (χ2n) is 5.28. The Bertz CT molecular complexity index is 698. The fraction of sp³-hybridized carbons (Fsp3) is 0.333. The molecule has 0 aromatic heterocycles. The summed E-state index contributed by atoms with van der Waals surface area (Å²) in [7, 11) is 0. The lowest BCUT2D eigenvalue weighted by molar-refractivity contribution is -0.140. The van der Waals surface area contributed by atoms with Gasteiger partial charge in [-0.3, -0.25) is 0 Å². The molecule has 0 N–H and O–H groups in total. The molecular formula is C18H17F3O5. The van der Waals surface area contributed by atoms with E-state index in [9.17, 15) is 22.8 Å². The van der Waals surface area contributed by atoms with Crippen LogP contribution in [0.15, 0.2) is 47.9 Å². The summed E-state index contributed by atoms with van der Waals surface area (Å²) in [4.78, 5) is 24.4. The molecule has 1 aliphatic heterocycles. The van der Waals surface area contributed by atoms with Crippen molar-refractivity contribution in [3.05, 3.63) is 59.1 Å². The van der Waals surface area contributed by atoms with Gasteiger partial charge in [-0.25, -0.2) is 9.59 Å². The fourth-order valence-corrected chi connectivity index (χ4v) is 2.47. The number of carbonyl (C=O) groups is 2. The molecule has 2 rings (SSSR count). The van der Waals surface area contributed by atoms with E-state index in [4.69, 9.17) is 14.2 Å². The molecule has 1 aliphatic rings. The van der Waals surface area contributed by atoms with Gasteiger partial charge in [0.05, 0.1) is 35.8 Å². The number of esters is 2. The number of hydrogen-bond acceptors (Lipinski definition) is 5. The SMILES string of the molecule is CCOC(=O)C1=COC=C(C(=O)OCC)C1c1ccc(C(F)(F)F)cc1.